The molecule has 2 rings (SSSR count). The van der Waals surface area contributed by atoms with Crippen LogP contribution in [0.1, 0.15) is 12.5 Å². The maximum absolute atomic E-state index is 12.7. The molecular formula is C15H12F2NO5S2-. The zero-order chi connectivity index (χ0) is 18.6. The SMILES string of the molecule is CCOc1cccc(/C=C2\SC(=S)N(CC(=O)[O-])C2=O)c1OC(F)F. The highest BCUT2D eigenvalue weighted by atomic mass is 32.2. The van der Waals surface area contributed by atoms with Crippen molar-refractivity contribution in [2.45, 2.75) is 13.5 Å². The Morgan fingerprint density at radius 1 is 1.48 bits per heavy atom. The average molecular weight is 388 g/mol. The highest BCUT2D eigenvalue weighted by Gasteiger charge is 2.32. The summed E-state index contributed by atoms with van der Waals surface area (Å²) >= 11 is 5.82. The van der Waals surface area contributed by atoms with Crippen molar-refractivity contribution in [2.75, 3.05) is 13.2 Å². The summed E-state index contributed by atoms with van der Waals surface area (Å²) in [7, 11) is 0. The van der Waals surface area contributed by atoms with Gasteiger partial charge >= 0.3 is 6.61 Å². The molecule has 0 radical (unpaired) electrons. The van der Waals surface area contributed by atoms with Crippen LogP contribution in [-0.2, 0) is 9.59 Å². The lowest BCUT2D eigenvalue weighted by Gasteiger charge is -2.15. The van der Waals surface area contributed by atoms with Crippen LogP contribution in [0.4, 0.5) is 8.78 Å². The first-order valence-corrected chi connectivity index (χ1v) is 8.21. The van der Waals surface area contributed by atoms with Crippen LogP contribution in [0.5, 0.6) is 11.5 Å². The number of para-hydroxylation sites is 1. The second kappa shape index (κ2) is 8.26. The third kappa shape index (κ3) is 4.67. The number of amides is 1. The Hall–Kier alpha value is -2.20. The van der Waals surface area contributed by atoms with Crippen molar-refractivity contribution >= 4 is 46.3 Å². The number of carbonyl (C=O) groups is 2. The van der Waals surface area contributed by atoms with Gasteiger partial charge in [-0.2, -0.15) is 8.78 Å². The molecule has 0 N–H and O–H groups in total. The maximum atomic E-state index is 12.7. The molecule has 134 valence electrons. The van der Waals surface area contributed by atoms with E-state index < -0.39 is 25.0 Å². The number of thioether (sulfide) groups is 1. The van der Waals surface area contributed by atoms with Crippen molar-refractivity contribution in [3.63, 3.8) is 0 Å². The number of hydrogen-bond donors (Lipinski definition) is 0. The number of carboxylic acids is 1. The minimum Gasteiger partial charge on any atom is -0.548 e. The normalized spacial score (nSPS) is 16.0. The molecule has 1 heterocycles. The van der Waals surface area contributed by atoms with Crippen molar-refractivity contribution < 1.29 is 33.0 Å². The molecule has 0 aromatic heterocycles. The Morgan fingerprint density at radius 2 is 2.20 bits per heavy atom. The number of carboxylic acid groups (broad SMARTS) is 1. The molecule has 1 aromatic carbocycles. The summed E-state index contributed by atoms with van der Waals surface area (Å²) in [5.74, 6) is -2.23. The van der Waals surface area contributed by atoms with Crippen LogP contribution in [0.2, 0.25) is 0 Å². The highest BCUT2D eigenvalue weighted by Crippen LogP contribution is 2.38. The van der Waals surface area contributed by atoms with Crippen LogP contribution in [0.25, 0.3) is 6.08 Å². The molecule has 0 unspecified atom stereocenters. The molecule has 0 atom stereocenters. The fourth-order valence-corrected chi connectivity index (χ4v) is 3.28. The van der Waals surface area contributed by atoms with Crippen molar-refractivity contribution in [1.82, 2.24) is 4.90 Å². The van der Waals surface area contributed by atoms with Crippen molar-refractivity contribution in [1.29, 1.82) is 0 Å². The summed E-state index contributed by atoms with van der Waals surface area (Å²) in [6.07, 6.45) is 1.30. The van der Waals surface area contributed by atoms with Crippen LogP contribution in [0.3, 0.4) is 0 Å². The Kier molecular flexibility index (Phi) is 6.32. The lowest BCUT2D eigenvalue weighted by atomic mass is 10.1. The number of thiocarbonyl (C=S) groups is 1. The van der Waals surface area contributed by atoms with Crippen LogP contribution in [0, 0.1) is 0 Å². The molecule has 1 saturated heterocycles. The van der Waals surface area contributed by atoms with E-state index in [2.05, 4.69) is 4.74 Å². The van der Waals surface area contributed by atoms with Gasteiger partial charge in [-0.05, 0) is 19.1 Å². The number of rotatable bonds is 7. The lowest BCUT2D eigenvalue weighted by molar-refractivity contribution is -0.305. The largest absolute Gasteiger partial charge is 0.548 e. The van der Waals surface area contributed by atoms with Gasteiger partial charge in [0.2, 0.25) is 0 Å². The van der Waals surface area contributed by atoms with Crippen LogP contribution in [0.15, 0.2) is 23.1 Å². The maximum Gasteiger partial charge on any atom is 0.387 e. The van der Waals surface area contributed by atoms with Crippen LogP contribution in [-0.4, -0.2) is 40.9 Å². The van der Waals surface area contributed by atoms with E-state index in [1.165, 1.54) is 18.2 Å². The van der Waals surface area contributed by atoms with E-state index in [4.69, 9.17) is 17.0 Å². The van der Waals surface area contributed by atoms with Gasteiger partial charge in [0.25, 0.3) is 5.91 Å². The number of carbonyl (C=O) groups excluding carboxylic acids is 2. The van der Waals surface area contributed by atoms with E-state index in [0.29, 0.717) is 0 Å². The van der Waals surface area contributed by atoms with Gasteiger partial charge < -0.3 is 19.4 Å². The topological polar surface area (TPSA) is 78.9 Å². The first-order valence-electron chi connectivity index (χ1n) is 6.99. The fraction of sp³-hybridized carbons (Fsp3) is 0.267. The Bertz CT molecular complexity index is 739. The van der Waals surface area contributed by atoms with E-state index in [0.717, 1.165) is 16.7 Å². The first kappa shape index (κ1) is 19.1. The van der Waals surface area contributed by atoms with E-state index in [-0.39, 0.29) is 32.9 Å². The number of aliphatic carboxylic acids is 1. The summed E-state index contributed by atoms with van der Waals surface area (Å²) < 4.78 is 35.2. The quantitative estimate of drug-likeness (QED) is 0.519. The number of benzene rings is 1. The van der Waals surface area contributed by atoms with Gasteiger partial charge in [0.15, 0.2) is 11.5 Å². The molecule has 1 aliphatic heterocycles. The predicted octanol–water partition coefficient (Wildman–Crippen LogP) is 1.64. The number of nitrogens with zero attached hydrogens (tertiary/aromatic N) is 1. The molecule has 10 heteroatoms. The Labute approximate surface area is 151 Å². The molecule has 6 nitrogen and oxygen atoms in total. The van der Waals surface area contributed by atoms with E-state index in [9.17, 15) is 23.5 Å². The molecule has 0 bridgehead atoms. The summed E-state index contributed by atoms with van der Waals surface area (Å²) in [6.45, 7) is -1.84. The average Bonchev–Trinajstić information content (AvgIpc) is 2.77. The lowest BCUT2D eigenvalue weighted by Crippen LogP contribution is -2.40. The van der Waals surface area contributed by atoms with Gasteiger partial charge in [0.1, 0.15) is 4.32 Å². The number of alkyl halides is 2. The Morgan fingerprint density at radius 3 is 2.80 bits per heavy atom. The standard InChI is InChI=1S/C15H13F2NO5S2/c1-2-22-9-5-3-4-8(12(9)23-14(16)17)6-10-13(21)18(7-11(19)20)15(24)25-10/h3-6,14H,2,7H2,1H3,(H,19,20)/p-1/b10-6-. The van der Waals surface area contributed by atoms with Gasteiger partial charge in [-0.1, -0.05) is 36.1 Å². The number of hydrogen-bond acceptors (Lipinski definition) is 7. The van der Waals surface area contributed by atoms with Gasteiger partial charge in [-0.25, -0.2) is 0 Å². The minimum absolute atomic E-state index is 0.0396. The molecule has 1 aromatic rings. The monoisotopic (exact) mass is 388 g/mol. The van der Waals surface area contributed by atoms with Gasteiger partial charge in [-0.15, -0.1) is 0 Å². The van der Waals surface area contributed by atoms with Crippen molar-refractivity contribution in [3.05, 3.63) is 28.7 Å². The summed E-state index contributed by atoms with van der Waals surface area (Å²) in [5.41, 5.74) is 0.181. The smallest absolute Gasteiger partial charge is 0.387 e. The molecule has 0 aliphatic carbocycles. The molecule has 0 spiro atoms. The zero-order valence-corrected chi connectivity index (χ0v) is 14.5. The van der Waals surface area contributed by atoms with Gasteiger partial charge in [0.05, 0.1) is 24.0 Å². The van der Waals surface area contributed by atoms with E-state index in [1.807, 2.05) is 0 Å². The number of ether oxygens (including phenoxy) is 2. The van der Waals surface area contributed by atoms with Crippen LogP contribution >= 0.6 is 24.0 Å². The van der Waals surface area contributed by atoms with Gasteiger partial charge in [-0.3, -0.25) is 9.69 Å². The first-order chi connectivity index (χ1) is 11.8. The molecule has 1 amide bonds. The van der Waals surface area contributed by atoms with Gasteiger partial charge in [0, 0.05) is 5.56 Å². The number of halogens is 2. The van der Waals surface area contributed by atoms with Crippen molar-refractivity contribution in [3.8, 4) is 11.5 Å². The summed E-state index contributed by atoms with van der Waals surface area (Å²) in [6, 6.07) is 4.47. The minimum atomic E-state index is -3.08. The molecule has 1 fully saturated rings. The molecule has 25 heavy (non-hydrogen) atoms. The third-order valence-electron chi connectivity index (χ3n) is 2.96. The third-order valence-corrected chi connectivity index (χ3v) is 4.34. The Balaban J connectivity index is 2.40. The predicted molar refractivity (Wildman–Crippen MR) is 89.1 cm³/mol. The zero-order valence-electron chi connectivity index (χ0n) is 12.9. The molecule has 0 saturated carbocycles. The molecular weight excluding hydrogens is 376 g/mol. The molecule has 1 aliphatic rings. The second-order valence-electron chi connectivity index (χ2n) is 4.63. The second-order valence-corrected chi connectivity index (χ2v) is 6.30. The van der Waals surface area contributed by atoms with Crippen molar-refractivity contribution in [2.24, 2.45) is 0 Å². The fourth-order valence-electron chi connectivity index (χ4n) is 2.04. The summed E-state index contributed by atoms with van der Waals surface area (Å²) in [5, 5.41) is 10.7. The van der Waals surface area contributed by atoms with E-state index in [1.54, 1.807) is 13.0 Å². The summed E-state index contributed by atoms with van der Waals surface area (Å²) in [4.78, 5) is 23.9. The van der Waals surface area contributed by atoms with E-state index >= 15 is 0 Å². The highest BCUT2D eigenvalue weighted by molar-refractivity contribution is 8.26. The van der Waals surface area contributed by atoms with Crippen LogP contribution < -0.4 is 14.6 Å².